The maximum absolute atomic E-state index is 7.51. The van der Waals surface area contributed by atoms with Gasteiger partial charge >= 0.3 is 0 Å². The molecule has 82 valence electrons. The van der Waals surface area contributed by atoms with Gasteiger partial charge in [-0.1, -0.05) is 27.5 Å². The number of aromatic nitrogens is 2. The first kappa shape index (κ1) is 11.2. The van der Waals surface area contributed by atoms with Crippen molar-refractivity contribution in [2.75, 3.05) is 0 Å². The van der Waals surface area contributed by atoms with Crippen LogP contribution in [0.5, 0.6) is 0 Å². The van der Waals surface area contributed by atoms with E-state index < -0.39 is 0 Å². The van der Waals surface area contributed by atoms with Crippen molar-refractivity contribution in [3.63, 3.8) is 0 Å². The largest absolute Gasteiger partial charge is 0.384 e. The summed E-state index contributed by atoms with van der Waals surface area (Å²) in [6.45, 7) is 0. The first-order valence-corrected chi connectivity index (χ1v) is 5.59. The second-order valence-electron chi connectivity index (χ2n) is 3.18. The summed E-state index contributed by atoms with van der Waals surface area (Å²) in [6.07, 6.45) is 3.20. The zero-order chi connectivity index (χ0) is 11.7. The summed E-state index contributed by atoms with van der Waals surface area (Å²) in [5, 5.41) is 12.1. The first-order valence-electron chi connectivity index (χ1n) is 4.42. The average Bonchev–Trinajstić information content (AvgIpc) is 2.64. The fourth-order valence-corrected chi connectivity index (χ4v) is 1.85. The quantitative estimate of drug-likeness (QED) is 0.661. The summed E-state index contributed by atoms with van der Waals surface area (Å²) in [4.78, 5) is 0. The Balaban J connectivity index is 2.60. The number of nitrogens with one attached hydrogen (secondary N) is 1. The Bertz CT molecular complexity index is 550. The fourth-order valence-electron chi connectivity index (χ4n) is 1.36. The number of amidine groups is 1. The zero-order valence-electron chi connectivity index (χ0n) is 8.11. The van der Waals surface area contributed by atoms with Crippen molar-refractivity contribution >= 4 is 33.4 Å². The van der Waals surface area contributed by atoms with E-state index in [4.69, 9.17) is 22.7 Å². The Morgan fingerprint density at radius 3 is 2.81 bits per heavy atom. The molecule has 0 amide bonds. The van der Waals surface area contributed by atoms with Gasteiger partial charge in [0.05, 0.1) is 16.9 Å². The lowest BCUT2D eigenvalue weighted by atomic mass is 10.1. The minimum absolute atomic E-state index is 0.0112. The lowest BCUT2D eigenvalue weighted by molar-refractivity contribution is 0.877. The second-order valence-corrected chi connectivity index (χ2v) is 4.53. The summed E-state index contributed by atoms with van der Waals surface area (Å²) in [7, 11) is 0. The Labute approximate surface area is 106 Å². The fraction of sp³-hybridized carbons (Fsp3) is 0. The van der Waals surface area contributed by atoms with Crippen LogP contribution in [0.15, 0.2) is 35.1 Å². The monoisotopic (exact) mass is 298 g/mol. The van der Waals surface area contributed by atoms with Crippen molar-refractivity contribution in [1.29, 1.82) is 5.41 Å². The Morgan fingerprint density at radius 2 is 2.25 bits per heavy atom. The molecule has 0 spiro atoms. The van der Waals surface area contributed by atoms with Crippen molar-refractivity contribution in [2.45, 2.75) is 0 Å². The topological polar surface area (TPSA) is 67.7 Å². The van der Waals surface area contributed by atoms with E-state index in [0.29, 0.717) is 10.6 Å². The third-order valence-corrected chi connectivity index (χ3v) is 2.74. The van der Waals surface area contributed by atoms with Crippen LogP contribution >= 0.6 is 27.5 Å². The number of nitrogens with zero attached hydrogens (tertiary/aromatic N) is 2. The van der Waals surface area contributed by atoms with Crippen LogP contribution in [0.1, 0.15) is 5.56 Å². The summed E-state index contributed by atoms with van der Waals surface area (Å²) in [5.74, 6) is -0.0112. The summed E-state index contributed by atoms with van der Waals surface area (Å²) in [5.41, 5.74) is 6.85. The first-order chi connectivity index (χ1) is 7.58. The van der Waals surface area contributed by atoms with E-state index in [0.717, 1.165) is 10.2 Å². The molecule has 4 nitrogen and oxygen atoms in total. The number of nitrogens with two attached hydrogens (primary N) is 1. The smallest absolute Gasteiger partial charge is 0.125 e. The maximum Gasteiger partial charge on any atom is 0.125 e. The molecule has 2 aromatic rings. The average molecular weight is 300 g/mol. The lowest BCUT2D eigenvalue weighted by Gasteiger charge is -2.08. The Hall–Kier alpha value is -1.33. The van der Waals surface area contributed by atoms with Crippen LogP contribution < -0.4 is 5.73 Å². The molecule has 2 rings (SSSR count). The molecule has 0 unspecified atom stereocenters. The van der Waals surface area contributed by atoms with Crippen LogP contribution in [0.25, 0.3) is 5.69 Å². The molecule has 0 saturated carbocycles. The van der Waals surface area contributed by atoms with Gasteiger partial charge in [-0.15, -0.1) is 0 Å². The minimum Gasteiger partial charge on any atom is -0.384 e. The van der Waals surface area contributed by atoms with Crippen LogP contribution in [-0.2, 0) is 0 Å². The van der Waals surface area contributed by atoms with Crippen molar-refractivity contribution in [1.82, 2.24) is 9.78 Å². The molecule has 0 atom stereocenters. The van der Waals surface area contributed by atoms with Gasteiger partial charge in [0.2, 0.25) is 0 Å². The van der Waals surface area contributed by atoms with Gasteiger partial charge in [0, 0.05) is 16.2 Å². The van der Waals surface area contributed by atoms with Crippen LogP contribution in [-0.4, -0.2) is 15.6 Å². The summed E-state index contributed by atoms with van der Waals surface area (Å²) < 4.78 is 2.45. The molecule has 0 bridgehead atoms. The van der Waals surface area contributed by atoms with E-state index in [9.17, 15) is 0 Å². The third kappa shape index (κ3) is 2.10. The molecular weight excluding hydrogens is 291 g/mol. The van der Waals surface area contributed by atoms with E-state index in [2.05, 4.69) is 21.0 Å². The van der Waals surface area contributed by atoms with Gasteiger partial charge in [0.1, 0.15) is 5.84 Å². The molecule has 6 heteroatoms. The molecule has 0 aliphatic rings. The molecule has 0 radical (unpaired) electrons. The second kappa shape index (κ2) is 4.27. The van der Waals surface area contributed by atoms with E-state index >= 15 is 0 Å². The van der Waals surface area contributed by atoms with Crippen molar-refractivity contribution in [3.05, 3.63) is 45.7 Å². The molecular formula is C10H8BrClN4. The van der Waals surface area contributed by atoms with Crippen LogP contribution in [0.3, 0.4) is 0 Å². The van der Waals surface area contributed by atoms with E-state index in [1.54, 1.807) is 16.9 Å². The van der Waals surface area contributed by atoms with E-state index in [1.807, 2.05) is 12.1 Å². The van der Waals surface area contributed by atoms with Crippen LogP contribution in [0.2, 0.25) is 5.02 Å². The molecule has 1 aromatic carbocycles. The van der Waals surface area contributed by atoms with Crippen molar-refractivity contribution in [3.8, 4) is 5.69 Å². The van der Waals surface area contributed by atoms with Crippen LogP contribution in [0, 0.1) is 5.41 Å². The number of benzene rings is 1. The summed E-state index contributed by atoms with van der Waals surface area (Å²) in [6, 6.07) is 5.45. The molecule has 16 heavy (non-hydrogen) atoms. The highest BCUT2D eigenvalue weighted by Gasteiger charge is 2.09. The summed E-state index contributed by atoms with van der Waals surface area (Å²) >= 11 is 9.13. The SMILES string of the molecule is N=C(N)c1cc(Br)ccc1-n1cc(Cl)cn1. The van der Waals surface area contributed by atoms with Gasteiger partial charge in [-0.25, -0.2) is 4.68 Å². The molecule has 0 saturated heterocycles. The minimum atomic E-state index is -0.0112. The van der Waals surface area contributed by atoms with E-state index in [-0.39, 0.29) is 5.84 Å². The number of hydrogen-bond donors (Lipinski definition) is 2. The van der Waals surface area contributed by atoms with Crippen molar-refractivity contribution in [2.24, 2.45) is 5.73 Å². The van der Waals surface area contributed by atoms with E-state index in [1.165, 1.54) is 6.20 Å². The number of rotatable bonds is 2. The highest BCUT2D eigenvalue weighted by Crippen LogP contribution is 2.20. The Morgan fingerprint density at radius 1 is 1.50 bits per heavy atom. The van der Waals surface area contributed by atoms with Crippen LogP contribution in [0.4, 0.5) is 0 Å². The van der Waals surface area contributed by atoms with Gasteiger partial charge in [0.25, 0.3) is 0 Å². The number of nitrogen functional groups attached to an aromatic ring is 1. The highest BCUT2D eigenvalue weighted by molar-refractivity contribution is 9.10. The number of hydrogen-bond acceptors (Lipinski definition) is 2. The zero-order valence-corrected chi connectivity index (χ0v) is 10.5. The predicted molar refractivity (Wildman–Crippen MR) is 67.3 cm³/mol. The van der Waals surface area contributed by atoms with Crippen molar-refractivity contribution < 1.29 is 0 Å². The molecule has 1 heterocycles. The predicted octanol–water partition coefficient (Wildman–Crippen LogP) is 2.57. The molecule has 0 aliphatic heterocycles. The molecule has 1 aromatic heterocycles. The Kier molecular flexibility index (Phi) is 2.98. The molecule has 0 aliphatic carbocycles. The van der Waals surface area contributed by atoms with Gasteiger partial charge in [-0.2, -0.15) is 5.10 Å². The number of halogens is 2. The highest BCUT2D eigenvalue weighted by atomic mass is 79.9. The standard InChI is InChI=1S/C10H8BrClN4/c11-6-1-2-9(8(3-6)10(13)14)16-5-7(12)4-15-16/h1-5H,(H3,13,14). The maximum atomic E-state index is 7.51. The molecule has 3 N–H and O–H groups in total. The lowest BCUT2D eigenvalue weighted by Crippen LogP contribution is -2.15. The van der Waals surface area contributed by atoms with Gasteiger partial charge in [0.15, 0.2) is 0 Å². The van der Waals surface area contributed by atoms with Gasteiger partial charge in [-0.05, 0) is 18.2 Å². The van der Waals surface area contributed by atoms with Gasteiger partial charge < -0.3 is 5.73 Å². The van der Waals surface area contributed by atoms with Gasteiger partial charge in [-0.3, -0.25) is 5.41 Å². The third-order valence-electron chi connectivity index (χ3n) is 2.05. The molecule has 0 fully saturated rings. The normalized spacial score (nSPS) is 10.4.